The van der Waals surface area contributed by atoms with Gasteiger partial charge in [0.15, 0.2) is 0 Å². The highest BCUT2D eigenvalue weighted by Crippen LogP contribution is 2.26. The molecule has 2 heterocycles. The van der Waals surface area contributed by atoms with Gasteiger partial charge in [-0.3, -0.25) is 0 Å². The average molecular weight is 287 g/mol. The SMILES string of the molecule is CC(C)C1CNCCN1c1ccc(N2CCCCC2)cc1. The minimum absolute atomic E-state index is 0.611. The normalized spacial score (nSPS) is 23.7. The van der Waals surface area contributed by atoms with Gasteiger partial charge >= 0.3 is 0 Å². The second kappa shape index (κ2) is 6.69. The van der Waals surface area contributed by atoms with Crippen molar-refractivity contribution in [1.29, 1.82) is 0 Å². The molecule has 2 aliphatic rings. The first kappa shape index (κ1) is 14.7. The van der Waals surface area contributed by atoms with Crippen LogP contribution in [0.1, 0.15) is 33.1 Å². The fourth-order valence-corrected chi connectivity index (χ4v) is 3.65. The van der Waals surface area contributed by atoms with E-state index >= 15 is 0 Å². The van der Waals surface area contributed by atoms with E-state index in [-0.39, 0.29) is 0 Å². The van der Waals surface area contributed by atoms with E-state index in [4.69, 9.17) is 0 Å². The first-order chi connectivity index (χ1) is 10.3. The Morgan fingerprint density at radius 3 is 2.29 bits per heavy atom. The highest BCUT2D eigenvalue weighted by molar-refractivity contribution is 5.57. The number of piperidine rings is 1. The van der Waals surface area contributed by atoms with Crippen LogP contribution in [0.25, 0.3) is 0 Å². The zero-order valence-corrected chi connectivity index (χ0v) is 13.5. The molecular formula is C18H29N3. The maximum Gasteiger partial charge on any atom is 0.0437 e. The maximum absolute atomic E-state index is 3.53. The smallest absolute Gasteiger partial charge is 0.0437 e. The Balaban J connectivity index is 1.73. The summed E-state index contributed by atoms with van der Waals surface area (Å²) in [6, 6.07) is 9.90. The van der Waals surface area contributed by atoms with Crippen molar-refractivity contribution in [3.05, 3.63) is 24.3 Å². The third-order valence-corrected chi connectivity index (χ3v) is 4.96. The molecular weight excluding hydrogens is 258 g/mol. The number of hydrogen-bond donors (Lipinski definition) is 1. The van der Waals surface area contributed by atoms with Crippen LogP contribution in [0.2, 0.25) is 0 Å². The summed E-state index contributed by atoms with van der Waals surface area (Å²) in [6.45, 7) is 10.4. The Bertz CT molecular complexity index is 434. The van der Waals surface area contributed by atoms with Crippen LogP contribution in [0.5, 0.6) is 0 Å². The van der Waals surface area contributed by atoms with E-state index in [9.17, 15) is 0 Å². The van der Waals surface area contributed by atoms with Gasteiger partial charge in [0.05, 0.1) is 0 Å². The zero-order chi connectivity index (χ0) is 14.7. The largest absolute Gasteiger partial charge is 0.372 e. The Kier molecular flexibility index (Phi) is 4.69. The third kappa shape index (κ3) is 3.34. The molecule has 3 heteroatoms. The van der Waals surface area contributed by atoms with Crippen molar-refractivity contribution >= 4 is 11.4 Å². The van der Waals surface area contributed by atoms with Crippen molar-refractivity contribution in [2.75, 3.05) is 42.5 Å². The molecule has 1 N–H and O–H groups in total. The van der Waals surface area contributed by atoms with Gasteiger partial charge in [-0.1, -0.05) is 13.8 Å². The molecule has 3 nitrogen and oxygen atoms in total. The fraction of sp³-hybridized carbons (Fsp3) is 0.667. The molecule has 1 unspecified atom stereocenters. The molecule has 3 rings (SSSR count). The van der Waals surface area contributed by atoms with Crippen molar-refractivity contribution in [2.45, 2.75) is 39.2 Å². The number of piperazine rings is 1. The average Bonchev–Trinajstić information content (AvgIpc) is 2.56. The minimum atomic E-state index is 0.611. The molecule has 2 saturated heterocycles. The maximum atomic E-state index is 3.53. The van der Waals surface area contributed by atoms with E-state index in [0.717, 1.165) is 19.6 Å². The van der Waals surface area contributed by atoms with Crippen LogP contribution in [0.4, 0.5) is 11.4 Å². The summed E-state index contributed by atoms with van der Waals surface area (Å²) >= 11 is 0. The standard InChI is InChI=1S/C18H29N3/c1-15(2)18-14-19-10-13-21(18)17-8-6-16(7-9-17)20-11-4-3-5-12-20/h6-9,15,18-19H,3-5,10-14H2,1-2H3. The quantitative estimate of drug-likeness (QED) is 0.921. The van der Waals surface area contributed by atoms with Gasteiger partial charge in [-0.15, -0.1) is 0 Å². The van der Waals surface area contributed by atoms with Crippen LogP contribution in [-0.4, -0.2) is 38.8 Å². The van der Waals surface area contributed by atoms with E-state index in [0.29, 0.717) is 12.0 Å². The molecule has 0 saturated carbocycles. The fourth-order valence-electron chi connectivity index (χ4n) is 3.65. The molecule has 0 radical (unpaired) electrons. The van der Waals surface area contributed by atoms with Gasteiger partial charge in [-0.25, -0.2) is 0 Å². The molecule has 0 aromatic heterocycles. The first-order valence-electron chi connectivity index (χ1n) is 8.58. The van der Waals surface area contributed by atoms with Crippen LogP contribution in [0, 0.1) is 5.92 Å². The molecule has 1 aromatic carbocycles. The summed E-state index contributed by atoms with van der Waals surface area (Å²) in [4.78, 5) is 5.12. The van der Waals surface area contributed by atoms with Crippen molar-refractivity contribution in [1.82, 2.24) is 5.32 Å². The summed E-state index contributed by atoms with van der Waals surface area (Å²) in [7, 11) is 0. The van der Waals surface area contributed by atoms with Crippen LogP contribution < -0.4 is 15.1 Å². The van der Waals surface area contributed by atoms with Gasteiger partial charge in [-0.05, 0) is 49.4 Å². The monoisotopic (exact) mass is 287 g/mol. The van der Waals surface area contributed by atoms with Gasteiger partial charge in [-0.2, -0.15) is 0 Å². The predicted molar refractivity (Wildman–Crippen MR) is 91.3 cm³/mol. The van der Waals surface area contributed by atoms with Crippen LogP contribution in [0.3, 0.4) is 0 Å². The first-order valence-corrected chi connectivity index (χ1v) is 8.58. The van der Waals surface area contributed by atoms with E-state index in [1.54, 1.807) is 0 Å². The van der Waals surface area contributed by atoms with E-state index < -0.39 is 0 Å². The predicted octanol–water partition coefficient (Wildman–Crippen LogP) is 3.11. The highest BCUT2D eigenvalue weighted by Gasteiger charge is 2.25. The lowest BCUT2D eigenvalue weighted by Gasteiger charge is -2.40. The summed E-state index contributed by atoms with van der Waals surface area (Å²) in [5.74, 6) is 0.680. The van der Waals surface area contributed by atoms with Crippen molar-refractivity contribution in [2.24, 2.45) is 5.92 Å². The number of benzene rings is 1. The Hall–Kier alpha value is -1.22. The van der Waals surface area contributed by atoms with Crippen LogP contribution in [0.15, 0.2) is 24.3 Å². The molecule has 0 spiro atoms. The van der Waals surface area contributed by atoms with Crippen molar-refractivity contribution in [3.8, 4) is 0 Å². The Morgan fingerprint density at radius 2 is 1.62 bits per heavy atom. The lowest BCUT2D eigenvalue weighted by molar-refractivity contribution is 0.390. The highest BCUT2D eigenvalue weighted by atomic mass is 15.2. The Morgan fingerprint density at radius 1 is 0.952 bits per heavy atom. The minimum Gasteiger partial charge on any atom is -0.372 e. The third-order valence-electron chi connectivity index (χ3n) is 4.96. The van der Waals surface area contributed by atoms with E-state index in [2.05, 4.69) is 53.2 Å². The molecule has 1 atom stereocenters. The second-order valence-corrected chi connectivity index (χ2v) is 6.77. The van der Waals surface area contributed by atoms with Crippen LogP contribution >= 0.6 is 0 Å². The summed E-state index contributed by atoms with van der Waals surface area (Å²) in [5, 5.41) is 3.53. The molecule has 0 bridgehead atoms. The molecule has 21 heavy (non-hydrogen) atoms. The molecule has 2 aliphatic heterocycles. The summed E-state index contributed by atoms with van der Waals surface area (Å²) < 4.78 is 0. The molecule has 1 aromatic rings. The summed E-state index contributed by atoms with van der Waals surface area (Å²) in [5.41, 5.74) is 2.78. The number of hydrogen-bond acceptors (Lipinski definition) is 3. The summed E-state index contributed by atoms with van der Waals surface area (Å²) in [6.07, 6.45) is 4.08. The van der Waals surface area contributed by atoms with Gasteiger partial charge in [0.25, 0.3) is 0 Å². The van der Waals surface area contributed by atoms with Gasteiger partial charge in [0.2, 0.25) is 0 Å². The van der Waals surface area contributed by atoms with E-state index in [1.165, 1.54) is 43.7 Å². The van der Waals surface area contributed by atoms with E-state index in [1.807, 2.05) is 0 Å². The molecule has 116 valence electrons. The lowest BCUT2D eigenvalue weighted by atomic mass is 9.99. The van der Waals surface area contributed by atoms with Gasteiger partial charge in [0.1, 0.15) is 0 Å². The topological polar surface area (TPSA) is 18.5 Å². The number of nitrogens with one attached hydrogen (secondary N) is 1. The Labute approximate surface area is 129 Å². The number of rotatable bonds is 3. The van der Waals surface area contributed by atoms with Crippen LogP contribution in [-0.2, 0) is 0 Å². The second-order valence-electron chi connectivity index (χ2n) is 6.77. The zero-order valence-electron chi connectivity index (χ0n) is 13.5. The molecule has 0 aliphatic carbocycles. The van der Waals surface area contributed by atoms with Crippen molar-refractivity contribution < 1.29 is 0 Å². The van der Waals surface area contributed by atoms with Gasteiger partial charge in [0, 0.05) is 50.1 Å². The van der Waals surface area contributed by atoms with Crippen molar-refractivity contribution in [3.63, 3.8) is 0 Å². The lowest BCUT2D eigenvalue weighted by Crippen LogP contribution is -2.53. The molecule has 2 fully saturated rings. The number of anilines is 2. The van der Waals surface area contributed by atoms with Gasteiger partial charge < -0.3 is 15.1 Å². The molecule has 0 amide bonds. The number of nitrogens with zero attached hydrogens (tertiary/aromatic N) is 2.